The third-order valence-corrected chi connectivity index (χ3v) is 4.45. The molecule has 0 unspecified atom stereocenters. The molecule has 0 fully saturated rings. The number of nitrogens with one attached hydrogen (secondary N) is 1. The Morgan fingerprint density at radius 3 is 2.57 bits per heavy atom. The Morgan fingerprint density at radius 1 is 1.17 bits per heavy atom. The van der Waals surface area contributed by atoms with Crippen molar-refractivity contribution >= 4 is 34.5 Å². The molecule has 0 bridgehead atoms. The molecule has 5 heteroatoms. The summed E-state index contributed by atoms with van der Waals surface area (Å²) in [5, 5.41) is 6.30. The Bertz CT molecular complexity index is 842. The van der Waals surface area contributed by atoms with Crippen LogP contribution in [-0.2, 0) is 4.79 Å². The summed E-state index contributed by atoms with van der Waals surface area (Å²) >= 11 is 7.93. The predicted octanol–water partition coefficient (Wildman–Crippen LogP) is 5.26. The van der Waals surface area contributed by atoms with Crippen LogP contribution in [0.3, 0.4) is 0 Å². The van der Waals surface area contributed by atoms with Crippen LogP contribution in [0.15, 0.2) is 66.7 Å². The van der Waals surface area contributed by atoms with E-state index in [2.05, 4.69) is 16.9 Å². The highest BCUT2D eigenvalue weighted by atomic mass is 35.5. The van der Waals surface area contributed by atoms with Crippen molar-refractivity contribution in [2.45, 2.75) is 0 Å². The first kappa shape index (κ1) is 15.5. The highest BCUT2D eigenvalue weighted by Gasteiger charge is 2.08. The predicted molar refractivity (Wildman–Crippen MR) is 96.8 cm³/mol. The minimum atomic E-state index is -0.235. The fourth-order valence-corrected chi connectivity index (χ4v) is 3.03. The van der Waals surface area contributed by atoms with E-state index in [4.69, 9.17) is 11.6 Å². The fourth-order valence-electron chi connectivity index (χ4n) is 2.17. The molecule has 0 aliphatic carbocycles. The third-order valence-electron chi connectivity index (χ3n) is 3.29. The molecular formula is C18H13ClN2OS. The van der Waals surface area contributed by atoms with E-state index in [1.54, 1.807) is 17.5 Å². The van der Waals surface area contributed by atoms with Crippen molar-refractivity contribution in [1.82, 2.24) is 4.98 Å². The van der Waals surface area contributed by atoms with Crippen LogP contribution in [0.5, 0.6) is 0 Å². The van der Waals surface area contributed by atoms with E-state index >= 15 is 0 Å². The van der Waals surface area contributed by atoms with Crippen LogP contribution in [0.4, 0.5) is 5.69 Å². The average molecular weight is 341 g/mol. The standard InChI is InChI=1S/C18H13ClN2OS/c1-2-17(22)21-14-6-3-12(4-7-14)15-11-13(5-8-16(15)19)18-20-9-10-23-18/h2-11H,1H2,(H,21,22). The van der Waals surface area contributed by atoms with Crippen molar-refractivity contribution in [3.63, 3.8) is 0 Å². The molecule has 0 spiro atoms. The molecule has 1 aromatic heterocycles. The zero-order valence-corrected chi connectivity index (χ0v) is 13.7. The normalized spacial score (nSPS) is 10.3. The topological polar surface area (TPSA) is 42.0 Å². The number of benzene rings is 2. The Labute approximate surface area is 143 Å². The molecule has 3 nitrogen and oxygen atoms in total. The number of rotatable bonds is 4. The van der Waals surface area contributed by atoms with Gasteiger partial charge in [-0.1, -0.05) is 36.4 Å². The molecule has 1 heterocycles. The molecule has 0 atom stereocenters. The molecule has 0 saturated heterocycles. The smallest absolute Gasteiger partial charge is 0.247 e. The highest BCUT2D eigenvalue weighted by Crippen LogP contribution is 2.33. The number of anilines is 1. The van der Waals surface area contributed by atoms with E-state index in [1.807, 2.05) is 47.8 Å². The number of hydrogen-bond donors (Lipinski definition) is 1. The van der Waals surface area contributed by atoms with Gasteiger partial charge < -0.3 is 5.32 Å². The van der Waals surface area contributed by atoms with E-state index in [9.17, 15) is 4.79 Å². The van der Waals surface area contributed by atoms with Gasteiger partial charge in [0.05, 0.1) is 0 Å². The number of nitrogens with zero attached hydrogens (tertiary/aromatic N) is 1. The van der Waals surface area contributed by atoms with E-state index in [0.29, 0.717) is 10.7 Å². The van der Waals surface area contributed by atoms with Gasteiger partial charge in [0, 0.05) is 33.4 Å². The molecule has 1 N–H and O–H groups in total. The van der Waals surface area contributed by atoms with Crippen LogP contribution < -0.4 is 5.32 Å². The van der Waals surface area contributed by atoms with Crippen molar-refractivity contribution in [2.24, 2.45) is 0 Å². The van der Waals surface area contributed by atoms with Gasteiger partial charge in [0.15, 0.2) is 0 Å². The third kappa shape index (κ3) is 3.50. The maximum atomic E-state index is 11.3. The van der Waals surface area contributed by atoms with Crippen molar-refractivity contribution in [3.05, 3.63) is 71.7 Å². The lowest BCUT2D eigenvalue weighted by Gasteiger charge is -2.08. The summed E-state index contributed by atoms with van der Waals surface area (Å²) in [6.45, 7) is 3.43. The zero-order chi connectivity index (χ0) is 16.2. The first-order valence-electron chi connectivity index (χ1n) is 6.90. The Balaban J connectivity index is 1.93. The molecule has 114 valence electrons. The molecule has 0 saturated carbocycles. The van der Waals surface area contributed by atoms with Crippen molar-refractivity contribution < 1.29 is 4.79 Å². The van der Waals surface area contributed by atoms with Crippen molar-refractivity contribution in [1.29, 1.82) is 0 Å². The van der Waals surface area contributed by atoms with Crippen molar-refractivity contribution in [2.75, 3.05) is 5.32 Å². The van der Waals surface area contributed by atoms with Gasteiger partial charge in [-0.15, -0.1) is 11.3 Å². The fraction of sp³-hybridized carbons (Fsp3) is 0. The second-order valence-corrected chi connectivity index (χ2v) is 6.10. The van der Waals surface area contributed by atoms with Crippen LogP contribution in [0, 0.1) is 0 Å². The lowest BCUT2D eigenvalue weighted by atomic mass is 10.0. The summed E-state index contributed by atoms with van der Waals surface area (Å²) in [7, 11) is 0. The second kappa shape index (κ2) is 6.77. The summed E-state index contributed by atoms with van der Waals surface area (Å²) in [5.74, 6) is -0.235. The van der Waals surface area contributed by atoms with Gasteiger partial charge in [-0.2, -0.15) is 0 Å². The van der Waals surface area contributed by atoms with Gasteiger partial charge in [0.25, 0.3) is 0 Å². The summed E-state index contributed by atoms with van der Waals surface area (Å²) in [4.78, 5) is 15.6. The van der Waals surface area contributed by atoms with E-state index in [-0.39, 0.29) is 5.91 Å². The van der Waals surface area contributed by atoms with Gasteiger partial charge in [-0.25, -0.2) is 4.98 Å². The Hall–Kier alpha value is -2.43. The van der Waals surface area contributed by atoms with E-state index < -0.39 is 0 Å². The molecular weight excluding hydrogens is 328 g/mol. The quantitative estimate of drug-likeness (QED) is 0.658. The Kier molecular flexibility index (Phi) is 4.55. The molecule has 0 aliphatic rings. The lowest BCUT2D eigenvalue weighted by molar-refractivity contribution is -0.111. The number of halogens is 1. The second-order valence-electron chi connectivity index (χ2n) is 4.80. The van der Waals surface area contributed by atoms with Crippen LogP contribution in [0.1, 0.15) is 0 Å². The molecule has 2 aromatic carbocycles. The molecule has 3 rings (SSSR count). The van der Waals surface area contributed by atoms with Gasteiger partial charge in [-0.05, 0) is 35.9 Å². The van der Waals surface area contributed by atoms with E-state index in [0.717, 1.165) is 21.7 Å². The van der Waals surface area contributed by atoms with Gasteiger partial charge in [0.1, 0.15) is 5.01 Å². The number of hydrogen-bond acceptors (Lipinski definition) is 3. The molecule has 0 aliphatic heterocycles. The monoisotopic (exact) mass is 340 g/mol. The largest absolute Gasteiger partial charge is 0.323 e. The Morgan fingerprint density at radius 2 is 1.91 bits per heavy atom. The molecule has 1 amide bonds. The van der Waals surface area contributed by atoms with Crippen LogP contribution in [-0.4, -0.2) is 10.9 Å². The maximum absolute atomic E-state index is 11.3. The maximum Gasteiger partial charge on any atom is 0.247 e. The molecule has 23 heavy (non-hydrogen) atoms. The highest BCUT2D eigenvalue weighted by molar-refractivity contribution is 7.13. The number of carbonyl (C=O) groups excluding carboxylic acids is 1. The first-order valence-corrected chi connectivity index (χ1v) is 8.16. The number of amides is 1. The summed E-state index contributed by atoms with van der Waals surface area (Å²) in [6, 6.07) is 13.4. The van der Waals surface area contributed by atoms with Crippen LogP contribution in [0.25, 0.3) is 21.7 Å². The first-order chi connectivity index (χ1) is 11.2. The summed E-state index contributed by atoms with van der Waals surface area (Å²) in [5.41, 5.74) is 3.65. The molecule has 0 radical (unpaired) electrons. The lowest BCUT2D eigenvalue weighted by Crippen LogP contribution is -2.06. The minimum absolute atomic E-state index is 0.235. The van der Waals surface area contributed by atoms with Crippen LogP contribution >= 0.6 is 22.9 Å². The summed E-state index contributed by atoms with van der Waals surface area (Å²) < 4.78 is 0. The van der Waals surface area contributed by atoms with Gasteiger partial charge in [0.2, 0.25) is 5.91 Å². The number of aromatic nitrogens is 1. The summed E-state index contributed by atoms with van der Waals surface area (Å²) in [6.07, 6.45) is 3.02. The van der Waals surface area contributed by atoms with Gasteiger partial charge >= 0.3 is 0 Å². The number of thiazole rings is 1. The van der Waals surface area contributed by atoms with Gasteiger partial charge in [-0.3, -0.25) is 4.79 Å². The van der Waals surface area contributed by atoms with Crippen LogP contribution in [0.2, 0.25) is 5.02 Å². The SMILES string of the molecule is C=CC(=O)Nc1ccc(-c2cc(-c3nccs3)ccc2Cl)cc1. The van der Waals surface area contributed by atoms with E-state index in [1.165, 1.54) is 6.08 Å². The minimum Gasteiger partial charge on any atom is -0.323 e. The number of carbonyl (C=O) groups is 1. The van der Waals surface area contributed by atoms with Crippen molar-refractivity contribution in [3.8, 4) is 21.7 Å². The molecule has 3 aromatic rings. The average Bonchev–Trinajstić information content (AvgIpc) is 3.10. The zero-order valence-electron chi connectivity index (χ0n) is 12.1.